The molecule has 0 aromatic heterocycles. The molecule has 10 aromatic carbocycles. The third kappa shape index (κ3) is 22.9. The molecule has 16 heteroatoms. The molecule has 2 radical (unpaired) electrons. The zero-order valence-corrected chi connectivity index (χ0v) is 53.9. The summed E-state index contributed by atoms with van der Waals surface area (Å²) in [6.45, 7) is 26.6. The first kappa shape index (κ1) is 71.9. The van der Waals surface area contributed by atoms with Crippen molar-refractivity contribution >= 4 is 82.1 Å². The van der Waals surface area contributed by atoms with Crippen LogP contribution in [0.3, 0.4) is 0 Å². The van der Waals surface area contributed by atoms with Crippen LogP contribution in [-0.2, 0) is 44.8 Å². The molecule has 0 saturated heterocycles. The molecule has 0 atom stereocenters. The Balaban J connectivity index is 0.000000271. The van der Waals surface area contributed by atoms with Crippen LogP contribution < -0.4 is 90.3 Å². The number of halogens is 2. The van der Waals surface area contributed by atoms with E-state index in [9.17, 15) is 0 Å². The van der Waals surface area contributed by atoms with Crippen molar-refractivity contribution in [3.05, 3.63) is 343 Å². The maximum absolute atomic E-state index is 8.49. The predicted octanol–water partition coefficient (Wildman–Crippen LogP) is 4.50. The standard InChI is InChI=1S/2C19H17P.2C14H14P.2Au.2ClHO4/c2*1-20(17-11-5-2-6-12-17,18-13-7-3-8-14-18)19-15-9-4-10-16-19;2*1-15(2,13-9-5-3-6-10-13)14-11-7-4-8-12-14;;;2*2-1(3,4)5/h2*2-16H,1H2;2*3-12H,1-2H2;;;2*(H,2,3,4,5)/q;;2*-1;;;;/p-2. The second-order valence-electron chi connectivity index (χ2n) is 17.7. The Bertz CT molecular complexity index is 2750. The number of benzene rings is 10. The van der Waals surface area contributed by atoms with Gasteiger partial charge >= 0.3 is 0 Å². The molecular weight excluding hydrogens is 1510 g/mol. The summed E-state index contributed by atoms with van der Waals surface area (Å²) in [6.07, 6.45) is 0. The maximum Gasteiger partial charge on any atom is 0.0748 e. The van der Waals surface area contributed by atoms with Crippen LogP contribution in [0.5, 0.6) is 0 Å². The van der Waals surface area contributed by atoms with Crippen LogP contribution in [0.1, 0.15) is 0 Å². The Morgan fingerprint density at radius 1 is 0.183 bits per heavy atom. The Labute approximate surface area is 523 Å². The van der Waals surface area contributed by atoms with E-state index in [0.717, 1.165) is 0 Å². The van der Waals surface area contributed by atoms with E-state index in [-0.39, 0.29) is 44.8 Å². The molecule has 0 N–H and O–H groups in total. The summed E-state index contributed by atoms with van der Waals surface area (Å²) in [6, 6.07) is 105. The predicted molar refractivity (Wildman–Crippen MR) is 321 cm³/mol. The fraction of sp³-hybridized carbons (Fsp3) is 0. The largest absolute Gasteiger partial charge is 0.222 e. The van der Waals surface area contributed by atoms with Crippen molar-refractivity contribution in [3.63, 3.8) is 0 Å². The molecular formula is C66H62Au2Cl2O8P4-4. The van der Waals surface area contributed by atoms with Crippen molar-refractivity contribution in [2.24, 2.45) is 0 Å². The van der Waals surface area contributed by atoms with Gasteiger partial charge in [-0.05, 0) is 136 Å². The molecule has 0 aliphatic heterocycles. The van der Waals surface area contributed by atoms with Gasteiger partial charge in [0.15, 0.2) is 0 Å². The van der Waals surface area contributed by atoms with Crippen molar-refractivity contribution in [1.29, 1.82) is 0 Å². The average Bonchev–Trinajstić information content (AvgIpc) is 3.66. The summed E-state index contributed by atoms with van der Waals surface area (Å²) >= 11 is 0. The van der Waals surface area contributed by atoms with Gasteiger partial charge in [-0.3, -0.25) is 0 Å². The molecule has 0 unspecified atom stereocenters. The molecule has 0 aliphatic carbocycles. The number of rotatable bonds is 10. The second kappa shape index (κ2) is 35.2. The van der Waals surface area contributed by atoms with Crippen LogP contribution in [0.4, 0.5) is 0 Å². The Morgan fingerprint density at radius 3 is 0.366 bits per heavy atom. The molecule has 0 aliphatic rings. The van der Waals surface area contributed by atoms with E-state index in [0.29, 0.717) is 0 Å². The van der Waals surface area contributed by atoms with Gasteiger partial charge in [-0.15, -0.1) is 20.5 Å². The van der Waals surface area contributed by atoms with Gasteiger partial charge in [-0.2, -0.15) is 54.5 Å². The van der Waals surface area contributed by atoms with Gasteiger partial charge in [0.05, 0.1) is 31.8 Å². The smallest absolute Gasteiger partial charge is 0.0748 e. The zero-order valence-electron chi connectivity index (χ0n) is 44.5. The van der Waals surface area contributed by atoms with Gasteiger partial charge < -0.3 is 0 Å². The minimum Gasteiger partial charge on any atom is -0.222 e. The monoisotopic (exact) mass is 1570 g/mol. The van der Waals surface area contributed by atoms with Crippen LogP contribution in [0.15, 0.2) is 303 Å². The van der Waals surface area contributed by atoms with Crippen LogP contribution in [0, 0.1) is 60.5 Å². The Hall–Kier alpha value is -4.34. The fourth-order valence-corrected chi connectivity index (χ4v) is 17.6. The van der Waals surface area contributed by atoms with Gasteiger partial charge in [-0.25, -0.2) is 37.3 Å². The van der Waals surface area contributed by atoms with Crippen LogP contribution in [0.2, 0.25) is 0 Å². The summed E-state index contributed by atoms with van der Waals surface area (Å²) in [7, 11) is -16.7. The molecule has 0 fully saturated rings. The van der Waals surface area contributed by atoms with Gasteiger partial charge in [-0.1, -0.05) is 182 Å². The SMILES string of the molecule is [Au].[Au].[CH2-][P+]([CH2-])(c1ccccc1)c1ccccc1.[CH2-][P+]([CH2-])(c1ccccc1)c1ccccc1.[CH2-][P+](c1ccccc1)(c1ccccc1)c1ccccc1.[CH2-][P+](c1ccccc1)(c1ccccc1)c1ccccc1.[O-][Cl+3]([O-])([O-])[O-].[O-][Cl+3]([O-])([O-])[O-]. The zero-order chi connectivity index (χ0) is 58.1. The maximum atomic E-state index is 8.49. The van der Waals surface area contributed by atoms with Crippen molar-refractivity contribution in [3.8, 4) is 0 Å². The van der Waals surface area contributed by atoms with Crippen molar-refractivity contribution < 1.29 is 103 Å². The quantitative estimate of drug-likeness (QED) is 0.109. The first-order chi connectivity index (χ1) is 38.1. The molecule has 434 valence electrons. The molecule has 10 rings (SSSR count). The molecule has 0 amide bonds. The fourth-order valence-electron chi connectivity index (χ4n) is 8.14. The Kier molecular flexibility index (Phi) is 30.9. The molecule has 82 heavy (non-hydrogen) atoms. The first-order valence-electron chi connectivity index (χ1n) is 24.5. The van der Waals surface area contributed by atoms with Crippen LogP contribution in [-0.4, -0.2) is 0 Å². The van der Waals surface area contributed by atoms with Gasteiger partial charge in [0, 0.05) is 66.0 Å². The van der Waals surface area contributed by atoms with Crippen molar-refractivity contribution in [1.82, 2.24) is 0 Å². The summed E-state index contributed by atoms with van der Waals surface area (Å²) in [4.78, 5) is 0. The van der Waals surface area contributed by atoms with E-state index in [1.165, 1.54) is 53.0 Å². The van der Waals surface area contributed by atoms with Gasteiger partial charge in [0.1, 0.15) is 0 Å². The van der Waals surface area contributed by atoms with E-state index >= 15 is 0 Å². The summed E-state index contributed by atoms with van der Waals surface area (Å²) in [5.41, 5.74) is 0. The minimum absolute atomic E-state index is 0. The van der Waals surface area contributed by atoms with Crippen molar-refractivity contribution in [2.75, 3.05) is 0 Å². The van der Waals surface area contributed by atoms with Crippen LogP contribution >= 0.6 is 29.0 Å². The molecule has 0 bridgehead atoms. The third-order valence-corrected chi connectivity index (χ3v) is 24.4. The molecule has 10 aromatic rings. The van der Waals surface area contributed by atoms with E-state index < -0.39 is 49.5 Å². The van der Waals surface area contributed by atoms with Gasteiger partial charge in [0.25, 0.3) is 0 Å². The van der Waals surface area contributed by atoms with E-state index in [2.05, 4.69) is 257 Å². The minimum atomic E-state index is -4.94. The topological polar surface area (TPSA) is 184 Å². The molecule has 0 saturated carbocycles. The molecule has 0 heterocycles. The first-order valence-corrected chi connectivity index (χ1v) is 35.2. The third-order valence-electron chi connectivity index (χ3n) is 12.2. The van der Waals surface area contributed by atoms with E-state index in [1.54, 1.807) is 0 Å². The van der Waals surface area contributed by atoms with Crippen molar-refractivity contribution in [2.45, 2.75) is 0 Å². The summed E-state index contributed by atoms with van der Waals surface area (Å²) in [5.74, 6) is 0. The average molecular weight is 1570 g/mol. The summed E-state index contributed by atoms with van der Waals surface area (Å²) in [5, 5.41) is 12.9. The van der Waals surface area contributed by atoms with E-state index in [4.69, 9.17) is 50.6 Å². The number of hydrogen-bond acceptors (Lipinski definition) is 8. The summed E-state index contributed by atoms with van der Waals surface area (Å²) < 4.78 is 67.9. The second-order valence-corrected chi connectivity index (χ2v) is 31.5. The van der Waals surface area contributed by atoms with E-state index in [1.807, 2.05) is 72.8 Å². The van der Waals surface area contributed by atoms with Crippen LogP contribution in [0.25, 0.3) is 0 Å². The number of hydrogen-bond donors (Lipinski definition) is 0. The molecule has 0 spiro atoms. The van der Waals surface area contributed by atoms with Gasteiger partial charge in [0.2, 0.25) is 0 Å². The molecule has 8 nitrogen and oxygen atoms in total. The normalized spacial score (nSPS) is 11.1. The Morgan fingerprint density at radius 2 is 0.268 bits per heavy atom.